The number of phenols is 2. The van der Waals surface area contributed by atoms with Crippen LogP contribution in [0.1, 0.15) is 36.1 Å². The molecular formula is C30H25F2NO4S. The van der Waals surface area contributed by atoms with Gasteiger partial charge in [0.2, 0.25) is 0 Å². The molecule has 3 N–H and O–H groups in total. The fraction of sp³-hybridized carbons (Fsp3) is 0.167. The van der Waals surface area contributed by atoms with Gasteiger partial charge in [-0.05, 0) is 84.1 Å². The molecule has 0 aromatic heterocycles. The molecular weight excluding hydrogens is 508 g/mol. The van der Waals surface area contributed by atoms with Gasteiger partial charge in [0.1, 0.15) is 23.1 Å². The van der Waals surface area contributed by atoms with Crippen molar-refractivity contribution in [2.45, 2.75) is 30.2 Å². The molecule has 0 aliphatic carbocycles. The molecule has 0 spiro atoms. The van der Waals surface area contributed by atoms with Crippen LogP contribution in [0.3, 0.4) is 0 Å². The number of anilines is 1. The molecule has 38 heavy (non-hydrogen) atoms. The van der Waals surface area contributed by atoms with E-state index in [1.165, 1.54) is 48.5 Å². The highest BCUT2D eigenvalue weighted by molar-refractivity contribution is 8.14. The number of amides is 1. The summed E-state index contributed by atoms with van der Waals surface area (Å²) >= 11 is 1.10. The van der Waals surface area contributed by atoms with Gasteiger partial charge in [-0.1, -0.05) is 48.2 Å². The summed E-state index contributed by atoms with van der Waals surface area (Å²) in [4.78, 5) is 14.8. The standard InChI is InChI=1S/C30H25F2NO4S/c31-21-7-4-18(5-8-21)26(35)14-15-28-29(33(30(37)38-28)23-11-9-22(32)10-12-23)25-13-6-20(17-27(25)36)19-2-1-3-24(34)16-19/h1-13,16-17,26,28-29,34-36H,14-15H2/t26-,28+,29+/m0/s1. The molecule has 0 radical (unpaired) electrons. The van der Waals surface area contributed by atoms with Gasteiger partial charge >= 0.3 is 0 Å². The third-order valence-corrected chi connectivity index (χ3v) is 7.89. The Morgan fingerprint density at radius 2 is 1.50 bits per heavy atom. The summed E-state index contributed by atoms with van der Waals surface area (Å²) in [5, 5.41) is 31.1. The van der Waals surface area contributed by atoms with Crippen LogP contribution in [0, 0.1) is 11.6 Å². The van der Waals surface area contributed by atoms with Gasteiger partial charge in [-0.15, -0.1) is 0 Å². The first kappa shape index (κ1) is 25.8. The fourth-order valence-corrected chi connectivity index (χ4v) is 6.03. The highest BCUT2D eigenvalue weighted by Crippen LogP contribution is 2.49. The second-order valence-electron chi connectivity index (χ2n) is 9.18. The number of halogens is 2. The largest absolute Gasteiger partial charge is 0.508 e. The number of carbonyl (C=O) groups excluding carboxylic acids is 1. The lowest BCUT2D eigenvalue weighted by Crippen LogP contribution is -2.29. The van der Waals surface area contributed by atoms with Crippen LogP contribution in [-0.2, 0) is 0 Å². The average molecular weight is 534 g/mol. The van der Waals surface area contributed by atoms with E-state index < -0.39 is 23.8 Å². The zero-order valence-electron chi connectivity index (χ0n) is 20.2. The van der Waals surface area contributed by atoms with Crippen LogP contribution in [0.2, 0.25) is 0 Å². The Balaban J connectivity index is 1.47. The number of thioether (sulfide) groups is 1. The summed E-state index contributed by atoms with van der Waals surface area (Å²) < 4.78 is 26.9. The van der Waals surface area contributed by atoms with Crippen molar-refractivity contribution in [1.29, 1.82) is 0 Å². The Labute approximate surface area is 223 Å². The molecule has 0 unspecified atom stereocenters. The zero-order chi connectivity index (χ0) is 26.8. The van der Waals surface area contributed by atoms with Crippen LogP contribution in [0.4, 0.5) is 19.3 Å². The summed E-state index contributed by atoms with van der Waals surface area (Å²) in [6, 6.07) is 22.5. The van der Waals surface area contributed by atoms with E-state index in [4.69, 9.17) is 0 Å². The second-order valence-corrected chi connectivity index (χ2v) is 10.4. The summed E-state index contributed by atoms with van der Waals surface area (Å²) in [6.45, 7) is 0. The molecule has 1 fully saturated rings. The lowest BCUT2D eigenvalue weighted by Gasteiger charge is -2.29. The molecule has 4 aromatic carbocycles. The molecule has 1 amide bonds. The maximum Gasteiger partial charge on any atom is 0.287 e. The lowest BCUT2D eigenvalue weighted by molar-refractivity contribution is 0.163. The van der Waals surface area contributed by atoms with E-state index in [9.17, 15) is 28.9 Å². The summed E-state index contributed by atoms with van der Waals surface area (Å²) in [5.41, 5.74) is 2.99. The topological polar surface area (TPSA) is 81.0 Å². The molecule has 194 valence electrons. The van der Waals surface area contributed by atoms with Crippen LogP contribution in [0.5, 0.6) is 11.5 Å². The number of rotatable bonds is 7. The third-order valence-electron chi connectivity index (χ3n) is 6.69. The predicted molar refractivity (Wildman–Crippen MR) is 144 cm³/mol. The molecule has 3 atom stereocenters. The molecule has 1 aliphatic heterocycles. The number of hydrogen-bond donors (Lipinski definition) is 3. The minimum absolute atomic E-state index is 0.0256. The van der Waals surface area contributed by atoms with Crippen molar-refractivity contribution in [3.8, 4) is 22.6 Å². The number of hydrogen-bond acceptors (Lipinski definition) is 5. The first-order valence-electron chi connectivity index (χ1n) is 12.1. The van der Waals surface area contributed by atoms with E-state index in [2.05, 4.69) is 0 Å². The number of benzene rings is 4. The molecule has 4 aromatic rings. The number of phenolic OH excluding ortho intramolecular Hbond substituents is 2. The van der Waals surface area contributed by atoms with E-state index in [-0.39, 0.29) is 22.0 Å². The predicted octanol–water partition coefficient (Wildman–Crippen LogP) is 7.34. The molecule has 1 saturated heterocycles. The molecule has 5 nitrogen and oxygen atoms in total. The van der Waals surface area contributed by atoms with Gasteiger partial charge in [0, 0.05) is 16.5 Å². The van der Waals surface area contributed by atoms with Gasteiger partial charge in [0.15, 0.2) is 0 Å². The molecule has 1 aliphatic rings. The maximum absolute atomic E-state index is 13.6. The van der Waals surface area contributed by atoms with E-state index in [1.807, 2.05) is 12.1 Å². The molecule has 8 heteroatoms. The Hall–Kier alpha value is -3.88. The molecule has 0 saturated carbocycles. The number of carbonyl (C=O) groups is 1. The summed E-state index contributed by atoms with van der Waals surface area (Å²) in [6.07, 6.45) is -0.120. The van der Waals surface area contributed by atoms with E-state index in [0.717, 1.165) is 17.3 Å². The number of aliphatic hydroxyl groups is 1. The maximum atomic E-state index is 13.6. The second kappa shape index (κ2) is 10.8. The molecule has 5 rings (SSSR count). The highest BCUT2D eigenvalue weighted by atomic mass is 32.2. The van der Waals surface area contributed by atoms with Gasteiger partial charge in [0.25, 0.3) is 5.24 Å². The molecule has 1 heterocycles. The van der Waals surface area contributed by atoms with Crippen molar-refractivity contribution in [3.63, 3.8) is 0 Å². The van der Waals surface area contributed by atoms with Crippen molar-refractivity contribution in [1.82, 2.24) is 0 Å². The highest BCUT2D eigenvalue weighted by Gasteiger charge is 2.43. The Morgan fingerprint density at radius 3 is 2.16 bits per heavy atom. The lowest BCUT2D eigenvalue weighted by atomic mass is 9.93. The number of aromatic hydroxyl groups is 2. The zero-order valence-corrected chi connectivity index (χ0v) is 21.0. The summed E-state index contributed by atoms with van der Waals surface area (Å²) in [5.74, 6) is -0.743. The van der Waals surface area contributed by atoms with E-state index in [1.54, 1.807) is 35.2 Å². The van der Waals surface area contributed by atoms with Gasteiger partial charge in [-0.2, -0.15) is 0 Å². The normalized spacial score (nSPS) is 18.1. The van der Waals surface area contributed by atoms with Crippen LogP contribution in [0.15, 0.2) is 91.0 Å². The quantitative estimate of drug-likeness (QED) is 0.232. The Kier molecular flexibility index (Phi) is 7.35. The van der Waals surface area contributed by atoms with Crippen LogP contribution >= 0.6 is 11.8 Å². The van der Waals surface area contributed by atoms with Gasteiger partial charge < -0.3 is 15.3 Å². The first-order valence-corrected chi connectivity index (χ1v) is 13.0. The van der Waals surface area contributed by atoms with Gasteiger partial charge in [0.05, 0.1) is 12.1 Å². The van der Waals surface area contributed by atoms with Crippen LogP contribution < -0.4 is 4.90 Å². The van der Waals surface area contributed by atoms with Crippen molar-refractivity contribution >= 4 is 22.7 Å². The van der Waals surface area contributed by atoms with Crippen molar-refractivity contribution < 1.29 is 28.9 Å². The SMILES string of the molecule is O=C1S[C@H](CC[C@H](O)c2ccc(F)cc2)[C@@H](c2ccc(-c3cccc(O)c3)cc2O)N1c1ccc(F)cc1. The Bertz CT molecular complexity index is 1450. The Morgan fingerprint density at radius 1 is 0.842 bits per heavy atom. The molecule has 0 bridgehead atoms. The van der Waals surface area contributed by atoms with Crippen molar-refractivity contribution in [3.05, 3.63) is 114 Å². The van der Waals surface area contributed by atoms with E-state index in [0.29, 0.717) is 35.2 Å². The van der Waals surface area contributed by atoms with E-state index >= 15 is 0 Å². The minimum atomic E-state index is -0.853. The van der Waals surface area contributed by atoms with Gasteiger partial charge in [-0.3, -0.25) is 9.69 Å². The minimum Gasteiger partial charge on any atom is -0.508 e. The monoisotopic (exact) mass is 533 g/mol. The third kappa shape index (κ3) is 5.37. The van der Waals surface area contributed by atoms with Crippen LogP contribution in [0.25, 0.3) is 11.1 Å². The smallest absolute Gasteiger partial charge is 0.287 e. The average Bonchev–Trinajstić information content (AvgIpc) is 3.23. The number of nitrogens with zero attached hydrogens (tertiary/aromatic N) is 1. The number of aliphatic hydroxyl groups excluding tert-OH is 1. The van der Waals surface area contributed by atoms with Crippen LogP contribution in [-0.4, -0.2) is 25.8 Å². The van der Waals surface area contributed by atoms with Crippen molar-refractivity contribution in [2.75, 3.05) is 4.90 Å². The fourth-order valence-electron chi connectivity index (χ4n) is 4.79. The summed E-state index contributed by atoms with van der Waals surface area (Å²) in [7, 11) is 0. The van der Waals surface area contributed by atoms with Gasteiger partial charge in [-0.25, -0.2) is 8.78 Å². The van der Waals surface area contributed by atoms with Crippen molar-refractivity contribution in [2.24, 2.45) is 0 Å². The first-order chi connectivity index (χ1) is 18.3.